The maximum Gasteiger partial charge on any atom is 0.258 e. The summed E-state index contributed by atoms with van der Waals surface area (Å²) in [5.41, 5.74) is 0.299. The van der Waals surface area contributed by atoms with Crippen LogP contribution in [0.3, 0.4) is 0 Å². The van der Waals surface area contributed by atoms with E-state index in [1.807, 2.05) is 6.07 Å². The predicted molar refractivity (Wildman–Crippen MR) is 83.7 cm³/mol. The fourth-order valence-corrected chi connectivity index (χ4v) is 3.27. The van der Waals surface area contributed by atoms with Gasteiger partial charge in [-0.15, -0.1) is 0 Å². The molecule has 0 amide bonds. The zero-order chi connectivity index (χ0) is 15.0. The number of ether oxygens (including phenoxy) is 2. The molecule has 1 aliphatic rings. The number of halogens is 1. The molecule has 0 radical (unpaired) electrons. The molecule has 0 unspecified atom stereocenters. The van der Waals surface area contributed by atoms with Gasteiger partial charge < -0.3 is 18.8 Å². The lowest BCUT2D eigenvalue weighted by atomic mass is 9.88. The molecule has 21 heavy (non-hydrogen) atoms. The van der Waals surface area contributed by atoms with E-state index in [1.54, 1.807) is 20.4 Å². The third-order valence-corrected chi connectivity index (χ3v) is 4.94. The molecule has 6 heteroatoms. The Labute approximate surface area is 132 Å². The van der Waals surface area contributed by atoms with E-state index in [1.165, 1.54) is 0 Å². The van der Waals surface area contributed by atoms with Gasteiger partial charge in [0.1, 0.15) is 11.4 Å². The first kappa shape index (κ1) is 14.8. The molecule has 0 aromatic carbocycles. The van der Waals surface area contributed by atoms with Crippen molar-refractivity contribution in [1.29, 1.82) is 0 Å². The van der Waals surface area contributed by atoms with Gasteiger partial charge in [-0.1, -0.05) is 0 Å². The fraction of sp³-hybridized carbons (Fsp3) is 0.533. The number of rotatable bonds is 3. The van der Waals surface area contributed by atoms with Gasteiger partial charge in [0.2, 0.25) is 0 Å². The summed E-state index contributed by atoms with van der Waals surface area (Å²) in [6, 6.07) is 2.04. The minimum Gasteiger partial charge on any atom is -0.478 e. The Morgan fingerprint density at radius 2 is 2.05 bits per heavy atom. The van der Waals surface area contributed by atoms with Gasteiger partial charge in [0.25, 0.3) is 5.88 Å². The van der Waals surface area contributed by atoms with Gasteiger partial charge in [0, 0.05) is 36.3 Å². The van der Waals surface area contributed by atoms with Crippen molar-refractivity contribution in [2.45, 2.75) is 18.4 Å². The van der Waals surface area contributed by atoms with Crippen LogP contribution in [0, 0.1) is 0 Å². The molecular weight excluding hydrogens is 336 g/mol. The number of methoxy groups -OCH3 is 2. The van der Waals surface area contributed by atoms with Crippen molar-refractivity contribution in [2.75, 3.05) is 34.4 Å². The Morgan fingerprint density at radius 3 is 2.67 bits per heavy atom. The van der Waals surface area contributed by atoms with Crippen LogP contribution in [-0.4, -0.2) is 44.2 Å². The lowest BCUT2D eigenvalue weighted by Gasteiger charge is -2.37. The molecule has 0 spiro atoms. The molecule has 0 bridgehead atoms. The Morgan fingerprint density at radius 1 is 1.33 bits per heavy atom. The number of hydrogen-bond acceptors (Lipinski definition) is 5. The number of fused-ring (bicyclic) bond motifs is 1. The van der Waals surface area contributed by atoms with Crippen molar-refractivity contribution >= 4 is 26.9 Å². The SMILES string of the molecule is COc1ncc(Br)c2cc(C3(OC)CCN(C)CC3)oc12. The molecule has 3 rings (SSSR count). The monoisotopic (exact) mass is 354 g/mol. The molecule has 5 nitrogen and oxygen atoms in total. The topological polar surface area (TPSA) is 47.7 Å². The van der Waals surface area contributed by atoms with Crippen LogP contribution in [-0.2, 0) is 10.3 Å². The highest BCUT2D eigenvalue weighted by Gasteiger charge is 2.39. The van der Waals surface area contributed by atoms with Crippen molar-refractivity contribution in [2.24, 2.45) is 0 Å². The van der Waals surface area contributed by atoms with Crippen molar-refractivity contribution in [3.05, 3.63) is 22.5 Å². The standard InChI is InChI=1S/C15H19BrN2O3/c1-18-6-4-15(20-3,5-7-18)12-8-10-11(16)9-17-14(19-2)13(10)21-12/h8-9H,4-7H2,1-3H3. The molecule has 1 aliphatic heterocycles. The lowest BCUT2D eigenvalue weighted by Crippen LogP contribution is -2.41. The number of furan rings is 1. The van der Waals surface area contributed by atoms with Gasteiger partial charge in [0.15, 0.2) is 5.58 Å². The van der Waals surface area contributed by atoms with Gasteiger partial charge in [0.05, 0.1) is 7.11 Å². The summed E-state index contributed by atoms with van der Waals surface area (Å²) in [6.45, 7) is 1.98. The number of nitrogens with zero attached hydrogens (tertiary/aromatic N) is 2. The fourth-order valence-electron chi connectivity index (χ4n) is 2.87. The van der Waals surface area contributed by atoms with E-state index in [2.05, 4.69) is 32.9 Å². The molecular formula is C15H19BrN2O3. The Kier molecular flexibility index (Phi) is 3.94. The summed E-state index contributed by atoms with van der Waals surface area (Å²) in [5.74, 6) is 1.35. The normalized spacial score (nSPS) is 19.0. The van der Waals surface area contributed by atoms with Crippen LogP contribution in [0.5, 0.6) is 5.88 Å². The largest absolute Gasteiger partial charge is 0.478 e. The molecule has 2 aromatic rings. The minimum atomic E-state index is -0.365. The number of aromatic nitrogens is 1. The number of hydrogen-bond donors (Lipinski definition) is 0. The van der Waals surface area contributed by atoms with E-state index in [4.69, 9.17) is 13.9 Å². The van der Waals surface area contributed by atoms with Crippen molar-refractivity contribution in [1.82, 2.24) is 9.88 Å². The first-order valence-electron chi connectivity index (χ1n) is 6.96. The quantitative estimate of drug-likeness (QED) is 0.847. The van der Waals surface area contributed by atoms with Gasteiger partial charge in [-0.3, -0.25) is 0 Å². The highest BCUT2D eigenvalue weighted by Crippen LogP contribution is 2.41. The van der Waals surface area contributed by atoms with E-state index in [0.29, 0.717) is 11.5 Å². The van der Waals surface area contributed by atoms with Gasteiger partial charge in [-0.05, 0) is 41.9 Å². The summed E-state index contributed by atoms with van der Waals surface area (Å²) >= 11 is 3.52. The summed E-state index contributed by atoms with van der Waals surface area (Å²) in [5, 5.41) is 0.965. The molecule has 1 fully saturated rings. The van der Waals surface area contributed by atoms with Crippen LogP contribution in [0.4, 0.5) is 0 Å². The van der Waals surface area contributed by atoms with Crippen LogP contribution >= 0.6 is 15.9 Å². The average molecular weight is 355 g/mol. The van der Waals surface area contributed by atoms with Crippen LogP contribution in [0.2, 0.25) is 0 Å². The van der Waals surface area contributed by atoms with Crippen molar-refractivity contribution in [3.63, 3.8) is 0 Å². The molecule has 2 aromatic heterocycles. The highest BCUT2D eigenvalue weighted by atomic mass is 79.9. The third-order valence-electron chi connectivity index (χ3n) is 4.31. The zero-order valence-corrected chi connectivity index (χ0v) is 14.1. The van der Waals surface area contributed by atoms with Crippen LogP contribution < -0.4 is 4.74 Å². The van der Waals surface area contributed by atoms with E-state index < -0.39 is 0 Å². The van der Waals surface area contributed by atoms with Crippen molar-refractivity contribution < 1.29 is 13.9 Å². The summed E-state index contributed by atoms with van der Waals surface area (Å²) in [4.78, 5) is 6.54. The Hall–Kier alpha value is -1.11. The molecule has 1 saturated heterocycles. The average Bonchev–Trinajstić information content (AvgIpc) is 2.96. The second-order valence-electron chi connectivity index (χ2n) is 5.47. The minimum absolute atomic E-state index is 0.365. The van der Waals surface area contributed by atoms with E-state index in [0.717, 1.165) is 41.6 Å². The van der Waals surface area contributed by atoms with E-state index in [9.17, 15) is 0 Å². The molecule has 0 aliphatic carbocycles. The zero-order valence-electron chi connectivity index (χ0n) is 12.5. The van der Waals surface area contributed by atoms with E-state index >= 15 is 0 Å². The van der Waals surface area contributed by atoms with Gasteiger partial charge >= 0.3 is 0 Å². The third kappa shape index (κ3) is 2.45. The maximum absolute atomic E-state index is 6.08. The lowest BCUT2D eigenvalue weighted by molar-refractivity contribution is -0.0720. The molecule has 0 atom stereocenters. The molecule has 114 valence electrons. The number of pyridine rings is 1. The summed E-state index contributed by atoms with van der Waals surface area (Å²) < 4.78 is 18.1. The first-order chi connectivity index (χ1) is 10.1. The maximum atomic E-state index is 6.08. The molecule has 0 N–H and O–H groups in total. The number of likely N-dealkylation sites (tertiary alicyclic amines) is 1. The van der Waals surface area contributed by atoms with Crippen LogP contribution in [0.1, 0.15) is 18.6 Å². The Bertz CT molecular complexity index is 648. The molecule has 3 heterocycles. The summed E-state index contributed by atoms with van der Waals surface area (Å²) in [6.07, 6.45) is 3.55. The van der Waals surface area contributed by atoms with E-state index in [-0.39, 0.29) is 5.60 Å². The van der Waals surface area contributed by atoms with Crippen molar-refractivity contribution in [3.8, 4) is 5.88 Å². The summed E-state index contributed by atoms with van der Waals surface area (Å²) in [7, 11) is 5.48. The predicted octanol–water partition coefficient (Wildman–Crippen LogP) is 3.17. The highest BCUT2D eigenvalue weighted by molar-refractivity contribution is 9.10. The first-order valence-corrected chi connectivity index (χ1v) is 7.75. The van der Waals surface area contributed by atoms with Crippen LogP contribution in [0.25, 0.3) is 11.0 Å². The second kappa shape index (κ2) is 5.59. The smallest absolute Gasteiger partial charge is 0.258 e. The Balaban J connectivity index is 2.09. The number of piperidine rings is 1. The molecule has 0 saturated carbocycles. The second-order valence-corrected chi connectivity index (χ2v) is 6.32. The van der Waals surface area contributed by atoms with Gasteiger partial charge in [-0.25, -0.2) is 4.98 Å². The van der Waals surface area contributed by atoms with Gasteiger partial charge in [-0.2, -0.15) is 0 Å². The van der Waals surface area contributed by atoms with Crippen LogP contribution in [0.15, 0.2) is 21.2 Å².